The summed E-state index contributed by atoms with van der Waals surface area (Å²) in [7, 11) is -4.10. The van der Waals surface area contributed by atoms with Crippen molar-refractivity contribution in [2.24, 2.45) is 0 Å². The highest BCUT2D eigenvalue weighted by atomic mass is 32.2. The minimum Gasteiger partial charge on any atom is -0.330 e. The van der Waals surface area contributed by atoms with Gasteiger partial charge in [-0.25, -0.2) is 0 Å². The molecule has 2 heterocycles. The number of fused-ring (bicyclic) bond motifs is 2. The third-order valence-electron chi connectivity index (χ3n) is 5.05. The Morgan fingerprint density at radius 3 is 2.21 bits per heavy atom. The van der Waals surface area contributed by atoms with E-state index in [0.717, 1.165) is 38.8 Å². The monoisotopic (exact) mass is 426 g/mol. The molecule has 1 unspecified atom stereocenters. The number of anilines is 2. The van der Waals surface area contributed by atoms with Crippen molar-refractivity contribution >= 4 is 33.3 Å². The fourth-order valence-corrected chi connectivity index (χ4v) is 5.36. The molecule has 29 heavy (non-hydrogen) atoms. The van der Waals surface area contributed by atoms with Gasteiger partial charge in [0.05, 0.1) is 28.9 Å². The van der Waals surface area contributed by atoms with E-state index in [1.165, 1.54) is 0 Å². The lowest BCUT2D eigenvalue weighted by Gasteiger charge is -2.39. The summed E-state index contributed by atoms with van der Waals surface area (Å²) >= 11 is 1.70. The van der Waals surface area contributed by atoms with Gasteiger partial charge in [0.15, 0.2) is 0 Å². The summed E-state index contributed by atoms with van der Waals surface area (Å²) < 4.78 is 32.7. The molecule has 0 bridgehead atoms. The molecule has 4 rings (SSSR count). The average molecular weight is 427 g/mol. The van der Waals surface area contributed by atoms with E-state index in [1.807, 2.05) is 48.5 Å². The number of pyridine rings is 1. The lowest BCUT2D eigenvalue weighted by atomic mass is 9.99. The normalized spacial score (nSPS) is 14.2. The lowest BCUT2D eigenvalue weighted by molar-refractivity contribution is 0.476. The van der Waals surface area contributed by atoms with Crippen molar-refractivity contribution in [2.45, 2.75) is 35.6 Å². The molecule has 0 amide bonds. The molecular formula is C22H22N2O3S2. The van der Waals surface area contributed by atoms with Gasteiger partial charge in [0, 0.05) is 16.0 Å². The van der Waals surface area contributed by atoms with Crippen LogP contribution in [0.5, 0.6) is 0 Å². The van der Waals surface area contributed by atoms with Crippen LogP contribution in [0.15, 0.2) is 76.7 Å². The fraction of sp³-hybridized carbons (Fsp3) is 0.227. The Hall–Kier alpha value is -2.35. The zero-order valence-electron chi connectivity index (χ0n) is 16.0. The van der Waals surface area contributed by atoms with Gasteiger partial charge in [0.2, 0.25) is 0 Å². The minimum absolute atomic E-state index is 0.232. The van der Waals surface area contributed by atoms with Crippen LogP contribution >= 0.6 is 11.8 Å². The van der Waals surface area contributed by atoms with Crippen molar-refractivity contribution in [3.8, 4) is 0 Å². The molecule has 0 saturated carbocycles. The molecule has 1 atom stereocenters. The molecule has 0 aliphatic carbocycles. The molecule has 5 nitrogen and oxygen atoms in total. The number of benzene rings is 2. The minimum atomic E-state index is -4.10. The summed E-state index contributed by atoms with van der Waals surface area (Å²) in [5.41, 5.74) is 3.95. The molecule has 1 N–H and O–H groups in total. The van der Waals surface area contributed by atoms with Crippen LogP contribution in [0.1, 0.15) is 30.6 Å². The Morgan fingerprint density at radius 2 is 1.62 bits per heavy atom. The number of para-hydroxylation sites is 2. The van der Waals surface area contributed by atoms with E-state index in [0.29, 0.717) is 0 Å². The van der Waals surface area contributed by atoms with Gasteiger partial charge in [0.1, 0.15) is 0 Å². The van der Waals surface area contributed by atoms with E-state index in [2.05, 4.69) is 28.9 Å². The Morgan fingerprint density at radius 1 is 1.00 bits per heavy atom. The highest BCUT2D eigenvalue weighted by Crippen LogP contribution is 2.51. The van der Waals surface area contributed by atoms with Crippen molar-refractivity contribution in [3.63, 3.8) is 0 Å². The Kier molecular flexibility index (Phi) is 5.63. The summed E-state index contributed by atoms with van der Waals surface area (Å²) in [5.74, 6) is -0.328. The van der Waals surface area contributed by atoms with E-state index in [9.17, 15) is 13.0 Å². The molecule has 1 aliphatic rings. The van der Waals surface area contributed by atoms with Crippen LogP contribution in [0.25, 0.3) is 0 Å². The predicted octanol–water partition coefficient (Wildman–Crippen LogP) is 5.27. The largest absolute Gasteiger partial charge is 0.330 e. The quantitative estimate of drug-likeness (QED) is 0.542. The molecule has 1 aliphatic heterocycles. The van der Waals surface area contributed by atoms with Gasteiger partial charge in [-0.1, -0.05) is 49.0 Å². The van der Waals surface area contributed by atoms with Gasteiger partial charge >= 0.3 is 0 Å². The van der Waals surface area contributed by atoms with Crippen molar-refractivity contribution in [1.82, 2.24) is 4.98 Å². The predicted molar refractivity (Wildman–Crippen MR) is 117 cm³/mol. The van der Waals surface area contributed by atoms with Crippen LogP contribution < -0.4 is 4.90 Å². The Balaban J connectivity index is 1.90. The molecule has 0 radical (unpaired) electrons. The van der Waals surface area contributed by atoms with E-state index in [-0.39, 0.29) is 18.2 Å². The molecule has 150 valence electrons. The average Bonchev–Trinajstić information content (AvgIpc) is 2.72. The number of rotatable bonds is 6. The standard InChI is InChI=1S/C22H22N2O3S2/c1-2-16-8-7-14-23-22(16)19(13-15-29(25,26)27)24-17-9-3-5-11-20(17)28-21-12-6-4-10-18(21)24/h3-12,14,19H,2,13,15H2,1H3,(H,25,26,27). The van der Waals surface area contributed by atoms with Gasteiger partial charge in [-0.2, -0.15) is 8.42 Å². The van der Waals surface area contributed by atoms with Crippen LogP contribution in [0.2, 0.25) is 0 Å². The number of nitrogens with zero attached hydrogens (tertiary/aromatic N) is 2. The maximum atomic E-state index is 11.6. The molecule has 0 saturated heterocycles. The van der Waals surface area contributed by atoms with Crippen LogP contribution in [-0.2, 0) is 16.5 Å². The first-order valence-corrected chi connectivity index (χ1v) is 11.9. The Labute approximate surface area is 175 Å². The number of hydrogen-bond donors (Lipinski definition) is 1. The summed E-state index contributed by atoms with van der Waals surface area (Å²) in [6.07, 6.45) is 2.76. The van der Waals surface area contributed by atoms with Gasteiger partial charge in [0.25, 0.3) is 10.1 Å². The number of aromatic nitrogens is 1. The van der Waals surface area contributed by atoms with Gasteiger partial charge in [-0.15, -0.1) is 0 Å². The molecule has 2 aromatic carbocycles. The van der Waals surface area contributed by atoms with Gasteiger partial charge < -0.3 is 4.90 Å². The van der Waals surface area contributed by atoms with E-state index in [4.69, 9.17) is 0 Å². The maximum Gasteiger partial charge on any atom is 0.264 e. The summed E-state index contributed by atoms with van der Waals surface area (Å²) in [6.45, 7) is 2.06. The van der Waals surface area contributed by atoms with Crippen molar-refractivity contribution in [1.29, 1.82) is 0 Å². The zero-order valence-corrected chi connectivity index (χ0v) is 17.7. The second-order valence-electron chi connectivity index (χ2n) is 6.90. The first-order chi connectivity index (χ1) is 14.0. The van der Waals surface area contributed by atoms with Gasteiger partial charge in [-0.3, -0.25) is 9.54 Å². The molecular weight excluding hydrogens is 404 g/mol. The number of hydrogen-bond acceptors (Lipinski definition) is 5. The lowest BCUT2D eigenvalue weighted by Crippen LogP contribution is -2.29. The third-order valence-corrected chi connectivity index (χ3v) is 6.93. The van der Waals surface area contributed by atoms with Gasteiger partial charge in [-0.05, 0) is 48.7 Å². The van der Waals surface area contributed by atoms with E-state index < -0.39 is 10.1 Å². The maximum absolute atomic E-state index is 11.6. The smallest absolute Gasteiger partial charge is 0.264 e. The van der Waals surface area contributed by atoms with Crippen LogP contribution in [-0.4, -0.2) is 23.7 Å². The number of aryl methyl sites for hydroxylation is 1. The second-order valence-corrected chi connectivity index (χ2v) is 9.56. The summed E-state index contributed by atoms with van der Waals surface area (Å²) in [5, 5.41) is 0. The van der Waals surface area contributed by atoms with E-state index >= 15 is 0 Å². The Bertz CT molecular complexity index is 1090. The molecule has 7 heteroatoms. The van der Waals surface area contributed by atoms with E-state index in [1.54, 1.807) is 18.0 Å². The summed E-state index contributed by atoms with van der Waals surface area (Å²) in [4.78, 5) is 9.04. The highest BCUT2D eigenvalue weighted by molar-refractivity contribution is 7.99. The van der Waals surface area contributed by atoms with Crippen LogP contribution in [0.3, 0.4) is 0 Å². The summed E-state index contributed by atoms with van der Waals surface area (Å²) in [6, 6.07) is 19.8. The first kappa shape index (κ1) is 19.9. The second kappa shape index (κ2) is 8.18. The van der Waals surface area contributed by atoms with Crippen molar-refractivity contribution in [2.75, 3.05) is 10.7 Å². The SMILES string of the molecule is CCc1cccnc1C(CCS(=O)(=O)O)N1c2ccccc2Sc2ccccc21. The van der Waals surface area contributed by atoms with Crippen LogP contribution in [0.4, 0.5) is 11.4 Å². The molecule has 3 aromatic rings. The highest BCUT2D eigenvalue weighted by Gasteiger charge is 2.32. The first-order valence-electron chi connectivity index (χ1n) is 9.52. The van der Waals surface area contributed by atoms with Crippen LogP contribution in [0, 0.1) is 0 Å². The fourth-order valence-electron chi connectivity index (χ4n) is 3.77. The molecule has 0 fully saturated rings. The zero-order chi connectivity index (χ0) is 20.4. The molecule has 1 aromatic heterocycles. The van der Waals surface area contributed by atoms with Crippen molar-refractivity contribution < 1.29 is 13.0 Å². The van der Waals surface area contributed by atoms with Crippen molar-refractivity contribution in [3.05, 3.63) is 78.1 Å². The molecule has 0 spiro atoms. The third kappa shape index (κ3) is 4.17. The topological polar surface area (TPSA) is 70.5 Å².